The molecule has 0 atom stereocenters. The summed E-state index contributed by atoms with van der Waals surface area (Å²) in [6.45, 7) is 0.547. The molecule has 1 heterocycles. The highest BCUT2D eigenvalue weighted by molar-refractivity contribution is 5.91. The highest BCUT2D eigenvalue weighted by Gasteiger charge is 2.04. The number of aromatic nitrogens is 2. The van der Waals surface area contributed by atoms with Crippen molar-refractivity contribution in [1.29, 1.82) is 0 Å². The van der Waals surface area contributed by atoms with Gasteiger partial charge >= 0.3 is 0 Å². The van der Waals surface area contributed by atoms with Crippen LogP contribution in [0, 0.1) is 0 Å². The van der Waals surface area contributed by atoms with E-state index < -0.39 is 0 Å². The summed E-state index contributed by atoms with van der Waals surface area (Å²) in [4.78, 5) is 11.8. The molecule has 1 N–H and O–H groups in total. The van der Waals surface area contributed by atoms with Gasteiger partial charge in [-0.1, -0.05) is 6.07 Å². The minimum atomic E-state index is -0.130. The van der Waals surface area contributed by atoms with E-state index in [0.717, 1.165) is 11.1 Å². The van der Waals surface area contributed by atoms with Crippen molar-refractivity contribution in [2.45, 2.75) is 6.42 Å². The minimum absolute atomic E-state index is 0.130. The number of carbonyl (C=O) groups excluding carboxylic acids is 1. The van der Waals surface area contributed by atoms with Gasteiger partial charge in [-0.3, -0.25) is 9.48 Å². The number of benzene rings is 1. The molecule has 0 spiro atoms. The first-order chi connectivity index (χ1) is 11.1. The van der Waals surface area contributed by atoms with Crippen LogP contribution >= 0.6 is 0 Å². The smallest absolute Gasteiger partial charge is 0.244 e. The molecule has 0 saturated heterocycles. The molecule has 2 aromatic rings. The Morgan fingerprint density at radius 1 is 1.30 bits per heavy atom. The Morgan fingerprint density at radius 2 is 2.09 bits per heavy atom. The summed E-state index contributed by atoms with van der Waals surface area (Å²) in [5, 5.41) is 6.89. The van der Waals surface area contributed by atoms with E-state index in [9.17, 15) is 4.79 Å². The molecule has 122 valence electrons. The zero-order chi connectivity index (χ0) is 16.7. The predicted octanol–water partition coefficient (Wildman–Crippen LogP) is 1.81. The summed E-state index contributed by atoms with van der Waals surface area (Å²) in [5.74, 6) is 1.25. The fourth-order valence-corrected chi connectivity index (χ4v) is 2.12. The van der Waals surface area contributed by atoms with Gasteiger partial charge in [0.1, 0.15) is 0 Å². The molecular weight excluding hydrogens is 294 g/mol. The molecule has 1 amide bonds. The molecule has 0 radical (unpaired) electrons. The molecule has 0 fully saturated rings. The number of nitrogens with zero attached hydrogens (tertiary/aromatic N) is 2. The molecule has 6 nitrogen and oxygen atoms in total. The van der Waals surface area contributed by atoms with Gasteiger partial charge in [-0.15, -0.1) is 0 Å². The number of hydrogen-bond acceptors (Lipinski definition) is 4. The van der Waals surface area contributed by atoms with Crippen molar-refractivity contribution in [3.05, 3.63) is 47.8 Å². The van der Waals surface area contributed by atoms with Crippen LogP contribution in [0.3, 0.4) is 0 Å². The number of carbonyl (C=O) groups is 1. The van der Waals surface area contributed by atoms with Crippen LogP contribution in [0.1, 0.15) is 11.1 Å². The lowest BCUT2D eigenvalue weighted by atomic mass is 10.1. The Morgan fingerprint density at radius 3 is 2.74 bits per heavy atom. The standard InChI is InChI=1S/C17H21N3O3/c1-20-12-14(11-19-20)5-7-17(21)18-9-8-13-4-6-15(22-2)16(10-13)23-3/h4-7,10-12H,8-9H2,1-3H3,(H,18,21)/b7-5+. The fourth-order valence-electron chi connectivity index (χ4n) is 2.12. The zero-order valence-electron chi connectivity index (χ0n) is 13.6. The van der Waals surface area contributed by atoms with E-state index in [2.05, 4.69) is 10.4 Å². The van der Waals surface area contributed by atoms with Gasteiger partial charge < -0.3 is 14.8 Å². The Labute approximate surface area is 135 Å². The number of aryl methyl sites for hydroxylation is 1. The number of hydrogen-bond donors (Lipinski definition) is 1. The quantitative estimate of drug-likeness (QED) is 0.792. The second-order valence-electron chi connectivity index (χ2n) is 5.01. The van der Waals surface area contributed by atoms with E-state index in [0.29, 0.717) is 24.5 Å². The second-order valence-corrected chi connectivity index (χ2v) is 5.01. The SMILES string of the molecule is COc1ccc(CCNC(=O)/C=C/c2cnn(C)c2)cc1OC. The lowest BCUT2D eigenvalue weighted by Crippen LogP contribution is -2.23. The van der Waals surface area contributed by atoms with Crippen LogP contribution in [0.5, 0.6) is 11.5 Å². The topological polar surface area (TPSA) is 65.4 Å². The van der Waals surface area contributed by atoms with E-state index in [4.69, 9.17) is 9.47 Å². The number of methoxy groups -OCH3 is 2. The number of rotatable bonds is 7. The van der Waals surface area contributed by atoms with Gasteiger partial charge in [0.25, 0.3) is 0 Å². The van der Waals surface area contributed by atoms with Crippen LogP contribution in [0.4, 0.5) is 0 Å². The molecule has 6 heteroatoms. The number of amides is 1. The summed E-state index contributed by atoms with van der Waals surface area (Å²) in [7, 11) is 5.04. The monoisotopic (exact) mass is 315 g/mol. The molecule has 0 bridgehead atoms. The van der Waals surface area contributed by atoms with E-state index in [1.165, 1.54) is 6.08 Å². The third-order valence-electron chi connectivity index (χ3n) is 3.31. The van der Waals surface area contributed by atoms with Crippen molar-refractivity contribution < 1.29 is 14.3 Å². The van der Waals surface area contributed by atoms with E-state index in [1.807, 2.05) is 31.4 Å². The maximum Gasteiger partial charge on any atom is 0.244 e. The molecular formula is C17H21N3O3. The van der Waals surface area contributed by atoms with Crippen LogP contribution in [0.25, 0.3) is 6.08 Å². The van der Waals surface area contributed by atoms with Crippen LogP contribution in [-0.4, -0.2) is 36.5 Å². The van der Waals surface area contributed by atoms with Crippen molar-refractivity contribution in [2.24, 2.45) is 7.05 Å². The van der Waals surface area contributed by atoms with Crippen molar-refractivity contribution in [1.82, 2.24) is 15.1 Å². The third kappa shape index (κ3) is 4.88. The highest BCUT2D eigenvalue weighted by atomic mass is 16.5. The van der Waals surface area contributed by atoms with Gasteiger partial charge in [0.2, 0.25) is 5.91 Å². The van der Waals surface area contributed by atoms with Crippen molar-refractivity contribution in [2.75, 3.05) is 20.8 Å². The molecule has 0 unspecified atom stereocenters. The van der Waals surface area contributed by atoms with Crippen molar-refractivity contribution in [3.8, 4) is 11.5 Å². The van der Waals surface area contributed by atoms with Crippen LogP contribution in [-0.2, 0) is 18.3 Å². The van der Waals surface area contributed by atoms with Gasteiger partial charge in [-0.25, -0.2) is 0 Å². The lowest BCUT2D eigenvalue weighted by Gasteiger charge is -2.09. The first kappa shape index (κ1) is 16.6. The zero-order valence-corrected chi connectivity index (χ0v) is 13.6. The van der Waals surface area contributed by atoms with Crippen LogP contribution in [0.2, 0.25) is 0 Å². The number of ether oxygens (including phenoxy) is 2. The van der Waals surface area contributed by atoms with Gasteiger partial charge in [0, 0.05) is 31.4 Å². The Balaban J connectivity index is 1.82. The van der Waals surface area contributed by atoms with Crippen molar-refractivity contribution in [3.63, 3.8) is 0 Å². The Kier molecular flexibility index (Phi) is 5.80. The maximum atomic E-state index is 11.8. The Hall–Kier alpha value is -2.76. The molecule has 1 aromatic carbocycles. The maximum absolute atomic E-state index is 11.8. The normalized spacial score (nSPS) is 10.7. The predicted molar refractivity (Wildman–Crippen MR) is 88.5 cm³/mol. The number of nitrogens with one attached hydrogen (secondary N) is 1. The molecule has 2 rings (SSSR count). The van der Waals surface area contributed by atoms with E-state index in [-0.39, 0.29) is 5.91 Å². The van der Waals surface area contributed by atoms with Crippen LogP contribution < -0.4 is 14.8 Å². The van der Waals surface area contributed by atoms with Crippen molar-refractivity contribution >= 4 is 12.0 Å². The summed E-state index contributed by atoms with van der Waals surface area (Å²) in [6, 6.07) is 5.73. The molecule has 1 aromatic heterocycles. The summed E-state index contributed by atoms with van der Waals surface area (Å²) < 4.78 is 12.2. The molecule has 0 aliphatic carbocycles. The summed E-state index contributed by atoms with van der Waals surface area (Å²) >= 11 is 0. The van der Waals surface area contributed by atoms with Crippen LogP contribution in [0.15, 0.2) is 36.7 Å². The molecule has 0 aliphatic heterocycles. The van der Waals surface area contributed by atoms with E-state index in [1.54, 1.807) is 31.2 Å². The first-order valence-electron chi connectivity index (χ1n) is 7.28. The minimum Gasteiger partial charge on any atom is -0.493 e. The second kappa shape index (κ2) is 8.03. The Bertz CT molecular complexity index is 692. The first-order valence-corrected chi connectivity index (χ1v) is 7.28. The van der Waals surface area contributed by atoms with E-state index >= 15 is 0 Å². The molecule has 0 aliphatic rings. The average molecular weight is 315 g/mol. The van der Waals surface area contributed by atoms with Gasteiger partial charge in [0.05, 0.1) is 20.4 Å². The van der Waals surface area contributed by atoms with Gasteiger partial charge in [-0.05, 0) is 30.2 Å². The fraction of sp³-hybridized carbons (Fsp3) is 0.294. The third-order valence-corrected chi connectivity index (χ3v) is 3.31. The summed E-state index contributed by atoms with van der Waals surface area (Å²) in [5.41, 5.74) is 1.96. The lowest BCUT2D eigenvalue weighted by molar-refractivity contribution is -0.116. The van der Waals surface area contributed by atoms with Gasteiger partial charge in [0.15, 0.2) is 11.5 Å². The summed E-state index contributed by atoms with van der Waals surface area (Å²) in [6.07, 6.45) is 7.50. The molecule has 0 saturated carbocycles. The highest BCUT2D eigenvalue weighted by Crippen LogP contribution is 2.27. The molecule has 23 heavy (non-hydrogen) atoms. The average Bonchev–Trinajstić information content (AvgIpc) is 2.98. The van der Waals surface area contributed by atoms with Gasteiger partial charge in [-0.2, -0.15) is 5.10 Å². The largest absolute Gasteiger partial charge is 0.493 e.